The zero-order valence-corrected chi connectivity index (χ0v) is 36.1. The summed E-state index contributed by atoms with van der Waals surface area (Å²) in [6.07, 6.45) is 0. The molecule has 0 saturated heterocycles. The molecule has 6 heterocycles. The summed E-state index contributed by atoms with van der Waals surface area (Å²) < 4.78 is 69.5. The van der Waals surface area contributed by atoms with Crippen LogP contribution in [0.4, 0.5) is 34.1 Å². The number of nitrogens with zero attached hydrogens (tertiary/aromatic N) is 2. The van der Waals surface area contributed by atoms with Crippen molar-refractivity contribution in [3.05, 3.63) is 200 Å². The van der Waals surface area contributed by atoms with Gasteiger partial charge < -0.3 is 23.1 Å². The number of hydrogen-bond donors (Lipinski definition) is 0. The van der Waals surface area contributed by atoms with Gasteiger partial charge in [0.25, 0.3) is 6.71 Å². The number of thiophene rings is 1. The second-order valence-corrected chi connectivity index (χ2v) is 18.5. The van der Waals surface area contributed by atoms with Crippen molar-refractivity contribution in [1.29, 1.82) is 0 Å². The SMILES string of the molecule is [2H]c1c([2H])c([2H])c(-c2cc3c4c(c2)N(c2ccccc2)c2c(c5oc6ccccc6c5c5c2sc2ccccc25)B4c2c(c4oc5ccccc5c4c4c2oc2ccccc24)N3c2ccccc2)c([2H])c1[2H]. The Balaban J connectivity index is 1.20. The molecule has 0 fully saturated rings. The van der Waals surface area contributed by atoms with E-state index in [1.54, 1.807) is 11.3 Å². The quantitative estimate of drug-likeness (QED) is 0.166. The van der Waals surface area contributed by atoms with Crippen LogP contribution < -0.4 is 26.2 Å². The van der Waals surface area contributed by atoms with Crippen LogP contribution in [-0.2, 0) is 0 Å². The number of furan rings is 3. The summed E-state index contributed by atoms with van der Waals surface area (Å²) in [5.74, 6) is 0. The molecular formula is C60H33BN2O3S. The number of para-hydroxylation sites is 5. The van der Waals surface area contributed by atoms with Gasteiger partial charge in [0.15, 0.2) is 5.58 Å². The van der Waals surface area contributed by atoms with Gasteiger partial charge >= 0.3 is 0 Å². The minimum Gasteiger partial charge on any atom is -0.456 e. The predicted octanol–water partition coefficient (Wildman–Crippen LogP) is 15.5. The standard InChI is InChI=1S/C60H33BN2O3S/c1-4-18-34(19-5-1)35-32-42-52-43(33-35)63(37-22-8-3-9-23-37)56-54(58-50(40-26-12-15-29-45(40)65-58)51-41-27-13-17-31-47(41)67-60(51)56)61(52)53-55(62(42)36-20-6-2-7-21-36)59-49(39-25-11-16-30-46(39)66-59)48-38-24-10-14-28-44(38)64-57(48)53/h1-33H/i1D,4D,5D,18D,19D. The topological polar surface area (TPSA) is 45.9 Å². The van der Waals surface area contributed by atoms with Gasteiger partial charge in [-0.25, -0.2) is 0 Å². The van der Waals surface area contributed by atoms with Crippen LogP contribution in [0.5, 0.6) is 0 Å². The minimum atomic E-state index is -0.577. The van der Waals surface area contributed by atoms with Gasteiger partial charge in [0.05, 0.1) is 22.9 Å². The molecule has 67 heavy (non-hydrogen) atoms. The predicted molar refractivity (Wildman–Crippen MR) is 281 cm³/mol. The van der Waals surface area contributed by atoms with E-state index in [0.29, 0.717) is 11.1 Å². The number of rotatable bonds is 3. The van der Waals surface area contributed by atoms with Crippen LogP contribution in [0.15, 0.2) is 213 Å². The number of benzene rings is 10. The lowest BCUT2D eigenvalue weighted by atomic mass is 9.33. The van der Waals surface area contributed by atoms with Gasteiger partial charge in [0, 0.05) is 76.0 Å². The lowest BCUT2D eigenvalue weighted by Crippen LogP contribution is -2.61. The maximum Gasteiger partial charge on any atom is 0.262 e. The highest BCUT2D eigenvalue weighted by molar-refractivity contribution is 7.27. The molecular weight excluding hydrogens is 840 g/mol. The van der Waals surface area contributed by atoms with Crippen molar-refractivity contribution in [2.75, 3.05) is 9.80 Å². The molecule has 10 aromatic carbocycles. The van der Waals surface area contributed by atoms with E-state index < -0.39 is 24.8 Å². The average molecular weight is 878 g/mol. The molecule has 0 radical (unpaired) electrons. The van der Waals surface area contributed by atoms with Crippen molar-refractivity contribution >= 4 is 155 Å². The molecule has 0 aliphatic carbocycles. The minimum absolute atomic E-state index is 0.107. The maximum atomic E-state index is 9.45. The second-order valence-electron chi connectivity index (χ2n) is 17.4. The molecule has 5 nitrogen and oxygen atoms in total. The molecule has 310 valence electrons. The number of fused-ring (bicyclic) bond motifs is 22. The lowest BCUT2D eigenvalue weighted by molar-refractivity contribution is 0.665. The Morgan fingerprint density at radius 1 is 0.418 bits per heavy atom. The highest BCUT2D eigenvalue weighted by Gasteiger charge is 2.50. The first-order valence-corrected chi connectivity index (χ1v) is 23.2. The van der Waals surface area contributed by atoms with Crippen LogP contribution in [0.25, 0.3) is 97.1 Å². The normalized spacial score (nSPS) is 14.3. The Kier molecular flexibility index (Phi) is 6.12. The first-order chi connectivity index (χ1) is 35.4. The summed E-state index contributed by atoms with van der Waals surface area (Å²) >= 11 is 1.75. The first kappa shape index (κ1) is 31.4. The highest BCUT2D eigenvalue weighted by atomic mass is 32.1. The molecule has 0 bridgehead atoms. The fourth-order valence-electron chi connectivity index (χ4n) is 11.5. The largest absolute Gasteiger partial charge is 0.456 e. The van der Waals surface area contributed by atoms with Crippen molar-refractivity contribution in [2.45, 2.75) is 0 Å². The Bertz CT molecular complexity index is 4450. The maximum absolute atomic E-state index is 9.45. The number of anilines is 6. The molecule has 16 rings (SSSR count). The Morgan fingerprint density at radius 2 is 0.881 bits per heavy atom. The molecule has 0 unspecified atom stereocenters. The van der Waals surface area contributed by atoms with Gasteiger partial charge in [-0.1, -0.05) is 139 Å². The summed E-state index contributed by atoms with van der Waals surface area (Å²) in [5.41, 5.74) is 12.7. The molecule has 2 aliphatic heterocycles. The van der Waals surface area contributed by atoms with Crippen LogP contribution >= 0.6 is 11.3 Å². The molecule has 0 saturated carbocycles. The smallest absolute Gasteiger partial charge is 0.262 e. The van der Waals surface area contributed by atoms with E-state index in [9.17, 15) is 2.74 Å². The third-order valence-electron chi connectivity index (χ3n) is 14.1. The average Bonchev–Trinajstić information content (AvgIpc) is 4.21. The van der Waals surface area contributed by atoms with Gasteiger partial charge in [0.2, 0.25) is 0 Å². The molecule has 14 aromatic rings. The van der Waals surface area contributed by atoms with E-state index in [2.05, 4.69) is 88.7 Å². The first-order valence-electron chi connectivity index (χ1n) is 24.9. The Labute approximate surface area is 394 Å². The summed E-state index contributed by atoms with van der Waals surface area (Å²) in [7, 11) is 0. The van der Waals surface area contributed by atoms with E-state index in [0.717, 1.165) is 131 Å². The molecule has 0 atom stereocenters. The van der Waals surface area contributed by atoms with E-state index in [1.807, 2.05) is 91.0 Å². The van der Waals surface area contributed by atoms with E-state index >= 15 is 0 Å². The zero-order valence-electron chi connectivity index (χ0n) is 40.3. The number of hydrogen-bond acceptors (Lipinski definition) is 6. The van der Waals surface area contributed by atoms with Gasteiger partial charge in [-0.05, 0) is 82.7 Å². The van der Waals surface area contributed by atoms with Crippen LogP contribution in [0.2, 0.25) is 0 Å². The Hall–Kier alpha value is -8.52. The lowest BCUT2D eigenvalue weighted by Gasteiger charge is -2.44. The monoisotopic (exact) mass is 877 g/mol. The van der Waals surface area contributed by atoms with Crippen LogP contribution in [0, 0.1) is 0 Å². The summed E-state index contributed by atoms with van der Waals surface area (Å²) in [6, 6.07) is 56.0. The van der Waals surface area contributed by atoms with Gasteiger partial charge in [-0.15, -0.1) is 11.3 Å². The van der Waals surface area contributed by atoms with Gasteiger partial charge in [-0.3, -0.25) is 0 Å². The highest BCUT2D eigenvalue weighted by Crippen LogP contribution is 2.55. The summed E-state index contributed by atoms with van der Waals surface area (Å²) in [6.45, 7) is -0.577. The van der Waals surface area contributed by atoms with Crippen molar-refractivity contribution in [3.63, 3.8) is 0 Å². The van der Waals surface area contributed by atoms with E-state index in [-0.39, 0.29) is 17.6 Å². The fraction of sp³-hybridized carbons (Fsp3) is 0. The van der Waals surface area contributed by atoms with Crippen LogP contribution in [-0.4, -0.2) is 6.71 Å². The van der Waals surface area contributed by atoms with Crippen LogP contribution in [0.1, 0.15) is 6.85 Å². The van der Waals surface area contributed by atoms with Gasteiger partial charge in [-0.2, -0.15) is 0 Å². The van der Waals surface area contributed by atoms with Crippen molar-refractivity contribution < 1.29 is 20.1 Å². The molecule has 0 N–H and O–H groups in total. The van der Waals surface area contributed by atoms with Crippen molar-refractivity contribution in [2.24, 2.45) is 0 Å². The van der Waals surface area contributed by atoms with E-state index in [4.69, 9.17) is 17.4 Å². The third kappa shape index (κ3) is 4.63. The molecule has 0 amide bonds. The Morgan fingerprint density at radius 3 is 1.48 bits per heavy atom. The summed E-state index contributed by atoms with van der Waals surface area (Å²) in [4.78, 5) is 4.56. The van der Waals surface area contributed by atoms with Crippen molar-refractivity contribution in [3.8, 4) is 11.1 Å². The second kappa shape index (κ2) is 13.1. The molecule has 2 aliphatic rings. The van der Waals surface area contributed by atoms with E-state index in [1.165, 1.54) is 0 Å². The van der Waals surface area contributed by atoms with Crippen molar-refractivity contribution in [1.82, 2.24) is 0 Å². The van der Waals surface area contributed by atoms with Crippen LogP contribution in [0.3, 0.4) is 0 Å². The third-order valence-corrected chi connectivity index (χ3v) is 15.2. The molecule has 7 heteroatoms. The zero-order chi connectivity index (χ0) is 47.8. The van der Waals surface area contributed by atoms with Gasteiger partial charge in [0.1, 0.15) is 27.9 Å². The molecule has 4 aromatic heterocycles. The fourth-order valence-corrected chi connectivity index (χ4v) is 12.8. The molecule has 0 spiro atoms. The summed E-state index contributed by atoms with van der Waals surface area (Å²) in [5, 5.41) is 8.04.